The number of alkyl halides is 3. The van der Waals surface area contributed by atoms with Crippen LogP contribution in [-0.4, -0.2) is 42.0 Å². The van der Waals surface area contributed by atoms with E-state index in [0.29, 0.717) is 18.5 Å². The highest BCUT2D eigenvalue weighted by Gasteiger charge is 2.42. The molecule has 24 heavy (non-hydrogen) atoms. The molecule has 0 radical (unpaired) electrons. The fourth-order valence-corrected chi connectivity index (χ4v) is 2.91. The molecule has 0 bridgehead atoms. The average Bonchev–Trinajstić information content (AvgIpc) is 2.54. The number of nitrogens with one attached hydrogen (secondary N) is 1. The highest BCUT2D eigenvalue weighted by molar-refractivity contribution is 5.82. The molecule has 1 N–H and O–H groups in total. The highest BCUT2D eigenvalue weighted by atomic mass is 19.4. The minimum absolute atomic E-state index is 0.00344. The van der Waals surface area contributed by atoms with Crippen LogP contribution in [0.2, 0.25) is 0 Å². The number of carbonyl (C=O) groups excluding carboxylic acids is 2. The van der Waals surface area contributed by atoms with Crippen LogP contribution in [0.3, 0.4) is 0 Å². The molecular weight excluding hydrogens is 328 g/mol. The number of benzene rings is 1. The number of piperidine rings is 1. The standard InChI is InChI=1S/C16H18F4N2O2/c1-2-14(23)22-8-7-12(10-3-5-11(17)6-4-10)13(9-22)21-15(24)16(18,19)20/h3-6,12-13H,2,7-9H2,1H3,(H,21,24)/t12-,13+/m1/s1. The first-order chi connectivity index (χ1) is 11.2. The molecule has 2 amide bonds. The molecule has 1 saturated heterocycles. The minimum Gasteiger partial charge on any atom is -0.343 e. The molecule has 1 aliphatic heterocycles. The number of nitrogens with zero attached hydrogens (tertiary/aromatic N) is 1. The number of amides is 2. The Balaban J connectivity index is 2.22. The average molecular weight is 346 g/mol. The van der Waals surface area contributed by atoms with Gasteiger partial charge in [-0.2, -0.15) is 13.2 Å². The summed E-state index contributed by atoms with van der Waals surface area (Å²) in [7, 11) is 0. The summed E-state index contributed by atoms with van der Waals surface area (Å²) in [5.41, 5.74) is 0.632. The second-order valence-corrected chi connectivity index (χ2v) is 5.72. The molecule has 1 aliphatic rings. The molecule has 8 heteroatoms. The van der Waals surface area contributed by atoms with Crippen LogP contribution in [0.25, 0.3) is 0 Å². The topological polar surface area (TPSA) is 49.4 Å². The summed E-state index contributed by atoms with van der Waals surface area (Å²) >= 11 is 0. The summed E-state index contributed by atoms with van der Waals surface area (Å²) in [5, 5.41) is 1.98. The lowest BCUT2D eigenvalue weighted by Crippen LogP contribution is -2.55. The SMILES string of the molecule is CCC(=O)N1CC[C@H](c2ccc(F)cc2)[C@@H](NC(=O)C(F)(F)F)C1. The van der Waals surface area contributed by atoms with E-state index in [9.17, 15) is 27.2 Å². The fraction of sp³-hybridized carbons (Fsp3) is 0.500. The summed E-state index contributed by atoms with van der Waals surface area (Å²) in [5.74, 6) is -3.09. The van der Waals surface area contributed by atoms with Crippen molar-refractivity contribution in [2.75, 3.05) is 13.1 Å². The van der Waals surface area contributed by atoms with Crippen molar-refractivity contribution in [3.63, 3.8) is 0 Å². The zero-order valence-electron chi connectivity index (χ0n) is 13.1. The van der Waals surface area contributed by atoms with Gasteiger partial charge in [-0.3, -0.25) is 9.59 Å². The molecule has 0 unspecified atom stereocenters. The van der Waals surface area contributed by atoms with Crippen molar-refractivity contribution in [3.05, 3.63) is 35.6 Å². The number of halogens is 4. The van der Waals surface area contributed by atoms with Crippen molar-refractivity contribution in [1.82, 2.24) is 10.2 Å². The number of likely N-dealkylation sites (tertiary alicyclic amines) is 1. The Morgan fingerprint density at radius 3 is 2.42 bits per heavy atom. The summed E-state index contributed by atoms with van der Waals surface area (Å²) in [6, 6.07) is 4.55. The lowest BCUT2D eigenvalue weighted by molar-refractivity contribution is -0.175. The Hall–Kier alpha value is -2.12. The monoisotopic (exact) mass is 346 g/mol. The third-order valence-electron chi connectivity index (χ3n) is 4.14. The summed E-state index contributed by atoms with van der Waals surface area (Å²) in [6.45, 7) is 2.04. The fourth-order valence-electron chi connectivity index (χ4n) is 2.91. The van der Waals surface area contributed by atoms with Gasteiger partial charge in [-0.05, 0) is 24.1 Å². The molecule has 4 nitrogen and oxygen atoms in total. The summed E-state index contributed by atoms with van der Waals surface area (Å²) in [6.07, 6.45) is -4.37. The Morgan fingerprint density at radius 2 is 1.88 bits per heavy atom. The second-order valence-electron chi connectivity index (χ2n) is 5.72. The molecule has 0 saturated carbocycles. The normalized spacial score (nSPS) is 21.5. The van der Waals surface area contributed by atoms with E-state index in [4.69, 9.17) is 0 Å². The van der Waals surface area contributed by atoms with E-state index in [1.165, 1.54) is 29.2 Å². The molecule has 1 fully saturated rings. The van der Waals surface area contributed by atoms with Crippen molar-refractivity contribution in [2.45, 2.75) is 37.9 Å². The molecule has 0 aliphatic carbocycles. The Labute approximate surface area is 136 Å². The van der Waals surface area contributed by atoms with Crippen molar-refractivity contribution >= 4 is 11.8 Å². The highest BCUT2D eigenvalue weighted by Crippen LogP contribution is 2.30. The van der Waals surface area contributed by atoms with E-state index in [1.807, 2.05) is 5.32 Å². The zero-order chi connectivity index (χ0) is 17.9. The van der Waals surface area contributed by atoms with E-state index in [2.05, 4.69) is 0 Å². The van der Waals surface area contributed by atoms with Crippen molar-refractivity contribution in [3.8, 4) is 0 Å². The van der Waals surface area contributed by atoms with E-state index in [0.717, 1.165) is 0 Å². The zero-order valence-corrected chi connectivity index (χ0v) is 13.1. The third-order valence-corrected chi connectivity index (χ3v) is 4.14. The van der Waals surface area contributed by atoms with Gasteiger partial charge < -0.3 is 10.2 Å². The van der Waals surface area contributed by atoms with Gasteiger partial charge in [-0.25, -0.2) is 4.39 Å². The van der Waals surface area contributed by atoms with Crippen LogP contribution in [0, 0.1) is 5.82 Å². The number of hydrogen-bond donors (Lipinski definition) is 1. The number of carbonyl (C=O) groups is 2. The third kappa shape index (κ3) is 4.24. The molecule has 1 aromatic rings. The molecule has 1 aromatic carbocycles. The molecule has 132 valence electrons. The number of rotatable bonds is 3. The van der Waals surface area contributed by atoms with E-state index in [-0.39, 0.29) is 18.9 Å². The molecule has 0 aromatic heterocycles. The van der Waals surface area contributed by atoms with Crippen LogP contribution < -0.4 is 5.32 Å². The quantitative estimate of drug-likeness (QED) is 0.856. The second kappa shape index (κ2) is 7.19. The van der Waals surface area contributed by atoms with Crippen LogP contribution in [0.1, 0.15) is 31.2 Å². The van der Waals surface area contributed by atoms with E-state index in [1.54, 1.807) is 6.92 Å². The van der Waals surface area contributed by atoms with Gasteiger partial charge in [0.15, 0.2) is 0 Å². The van der Waals surface area contributed by atoms with Gasteiger partial charge in [0.2, 0.25) is 5.91 Å². The van der Waals surface area contributed by atoms with Gasteiger partial charge in [0.05, 0.1) is 6.04 Å². The van der Waals surface area contributed by atoms with Crippen molar-refractivity contribution in [2.24, 2.45) is 0 Å². The van der Waals surface area contributed by atoms with Crippen molar-refractivity contribution < 1.29 is 27.2 Å². The molecular formula is C16H18F4N2O2. The first-order valence-electron chi connectivity index (χ1n) is 7.63. The Morgan fingerprint density at radius 1 is 1.25 bits per heavy atom. The maximum atomic E-state index is 13.1. The predicted octanol–water partition coefficient (Wildman–Crippen LogP) is 2.60. The Kier molecular flexibility index (Phi) is 5.46. The van der Waals surface area contributed by atoms with Crippen molar-refractivity contribution in [1.29, 1.82) is 0 Å². The van der Waals surface area contributed by atoms with Gasteiger partial charge in [0, 0.05) is 25.4 Å². The summed E-state index contributed by atoms with van der Waals surface area (Å²) in [4.78, 5) is 24.6. The van der Waals surface area contributed by atoms with Gasteiger partial charge in [0.1, 0.15) is 5.82 Å². The molecule has 0 spiro atoms. The molecule has 2 atom stereocenters. The first kappa shape index (κ1) is 18.2. The smallest absolute Gasteiger partial charge is 0.343 e. The van der Waals surface area contributed by atoms with E-state index >= 15 is 0 Å². The first-order valence-corrected chi connectivity index (χ1v) is 7.63. The summed E-state index contributed by atoms with van der Waals surface area (Å²) < 4.78 is 50.8. The van der Waals surface area contributed by atoms with Crippen LogP contribution in [0.4, 0.5) is 17.6 Å². The van der Waals surface area contributed by atoms with Gasteiger partial charge >= 0.3 is 12.1 Å². The van der Waals surface area contributed by atoms with Gasteiger partial charge in [0.25, 0.3) is 0 Å². The molecule has 1 heterocycles. The maximum absolute atomic E-state index is 13.1. The van der Waals surface area contributed by atoms with E-state index < -0.39 is 29.9 Å². The number of hydrogen-bond acceptors (Lipinski definition) is 2. The van der Waals surface area contributed by atoms with Crippen LogP contribution in [0.5, 0.6) is 0 Å². The van der Waals surface area contributed by atoms with Crippen LogP contribution in [-0.2, 0) is 9.59 Å². The minimum atomic E-state index is -5.00. The predicted molar refractivity (Wildman–Crippen MR) is 78.6 cm³/mol. The van der Waals surface area contributed by atoms with Crippen LogP contribution >= 0.6 is 0 Å². The maximum Gasteiger partial charge on any atom is 0.471 e. The Bertz CT molecular complexity index is 601. The lowest BCUT2D eigenvalue weighted by Gasteiger charge is -2.39. The van der Waals surface area contributed by atoms with Gasteiger partial charge in [-0.15, -0.1) is 0 Å². The largest absolute Gasteiger partial charge is 0.471 e. The van der Waals surface area contributed by atoms with Crippen LogP contribution in [0.15, 0.2) is 24.3 Å². The molecule has 2 rings (SSSR count). The van der Waals surface area contributed by atoms with Gasteiger partial charge in [-0.1, -0.05) is 19.1 Å². The lowest BCUT2D eigenvalue weighted by atomic mass is 9.85.